The first kappa shape index (κ1) is 10.5. The normalized spacial score (nSPS) is 9.64. The number of halogens is 3. The molecule has 74 valence electrons. The zero-order chi connectivity index (χ0) is 10.6. The average molecular weight is 201 g/mol. The Balaban J connectivity index is 2.86. The number of nitrogens with zero attached hydrogens (tertiary/aromatic N) is 1. The number of benzene rings is 1. The average Bonchev–Trinajstić information content (AvgIpc) is 2.14. The molecule has 1 aromatic carbocycles. The van der Waals surface area contributed by atoms with Gasteiger partial charge in [-0.2, -0.15) is 0 Å². The molecule has 0 unspecified atom stereocenters. The fourth-order valence-electron chi connectivity index (χ4n) is 0.977. The third kappa shape index (κ3) is 2.44. The van der Waals surface area contributed by atoms with Crippen molar-refractivity contribution in [3.63, 3.8) is 0 Å². The fourth-order valence-corrected chi connectivity index (χ4v) is 0.977. The van der Waals surface area contributed by atoms with Crippen LogP contribution in [0.1, 0.15) is 5.56 Å². The van der Waals surface area contributed by atoms with E-state index in [9.17, 15) is 18.0 Å². The molecule has 5 heteroatoms. The van der Waals surface area contributed by atoms with E-state index >= 15 is 0 Å². The Morgan fingerprint density at radius 2 is 1.79 bits per heavy atom. The minimum absolute atomic E-state index is 0.00545. The van der Waals surface area contributed by atoms with Gasteiger partial charge in [-0.15, -0.1) is 0 Å². The van der Waals surface area contributed by atoms with Crippen LogP contribution in [0.5, 0.6) is 0 Å². The van der Waals surface area contributed by atoms with Gasteiger partial charge in [0.15, 0.2) is 11.6 Å². The lowest BCUT2D eigenvalue weighted by Gasteiger charge is -2.01. The zero-order valence-corrected chi connectivity index (χ0v) is 7.06. The van der Waals surface area contributed by atoms with Crippen LogP contribution in [0.25, 0.3) is 0 Å². The second-order valence-corrected chi connectivity index (χ2v) is 2.58. The zero-order valence-electron chi connectivity index (χ0n) is 7.06. The first-order chi connectivity index (χ1) is 6.65. The number of hydrogen-bond donors (Lipinski definition) is 0. The van der Waals surface area contributed by atoms with Gasteiger partial charge in [0.2, 0.25) is 6.08 Å². The van der Waals surface area contributed by atoms with Crippen molar-refractivity contribution in [3.8, 4) is 0 Å². The molecule has 0 aliphatic carbocycles. The second-order valence-electron chi connectivity index (χ2n) is 2.58. The van der Waals surface area contributed by atoms with E-state index in [-0.39, 0.29) is 18.5 Å². The molecule has 0 bridgehead atoms. The third-order valence-corrected chi connectivity index (χ3v) is 1.65. The lowest BCUT2D eigenvalue weighted by molar-refractivity contribution is 0.490. The van der Waals surface area contributed by atoms with Crippen LogP contribution in [0.3, 0.4) is 0 Å². The van der Waals surface area contributed by atoms with Crippen molar-refractivity contribution >= 4 is 6.08 Å². The van der Waals surface area contributed by atoms with Crippen molar-refractivity contribution in [2.24, 2.45) is 4.99 Å². The molecule has 0 N–H and O–H groups in total. The van der Waals surface area contributed by atoms with E-state index in [0.29, 0.717) is 6.07 Å². The monoisotopic (exact) mass is 201 g/mol. The molecule has 0 atom stereocenters. The lowest BCUT2D eigenvalue weighted by Crippen LogP contribution is -1.97. The molecule has 0 fully saturated rings. The highest BCUT2D eigenvalue weighted by Gasteiger charge is 2.08. The molecule has 0 heterocycles. The highest BCUT2D eigenvalue weighted by Crippen LogP contribution is 2.14. The van der Waals surface area contributed by atoms with E-state index in [0.717, 1.165) is 6.07 Å². The molecule has 0 aliphatic rings. The van der Waals surface area contributed by atoms with Crippen molar-refractivity contribution in [3.05, 3.63) is 35.1 Å². The van der Waals surface area contributed by atoms with Crippen LogP contribution in [-0.2, 0) is 11.2 Å². The molecule has 0 aromatic heterocycles. The number of isocyanates is 1. The minimum Gasteiger partial charge on any atom is -0.211 e. The van der Waals surface area contributed by atoms with Crippen LogP contribution in [0, 0.1) is 17.5 Å². The van der Waals surface area contributed by atoms with Gasteiger partial charge in [0.25, 0.3) is 0 Å². The van der Waals surface area contributed by atoms with E-state index in [2.05, 4.69) is 4.99 Å². The Morgan fingerprint density at radius 3 is 2.43 bits per heavy atom. The Morgan fingerprint density at radius 1 is 1.14 bits per heavy atom. The third-order valence-electron chi connectivity index (χ3n) is 1.65. The molecular weight excluding hydrogens is 195 g/mol. The van der Waals surface area contributed by atoms with Crippen molar-refractivity contribution in [1.82, 2.24) is 0 Å². The highest BCUT2D eigenvalue weighted by molar-refractivity contribution is 5.33. The van der Waals surface area contributed by atoms with E-state index < -0.39 is 17.5 Å². The Labute approximate surface area is 78.1 Å². The van der Waals surface area contributed by atoms with Crippen LogP contribution >= 0.6 is 0 Å². The van der Waals surface area contributed by atoms with Crippen LogP contribution in [-0.4, -0.2) is 12.6 Å². The number of carbonyl (C=O) groups excluding carboxylic acids is 1. The molecule has 2 nitrogen and oxygen atoms in total. The SMILES string of the molecule is O=C=NCCc1cc(F)c(F)cc1F. The van der Waals surface area contributed by atoms with Crippen LogP contribution < -0.4 is 0 Å². The van der Waals surface area contributed by atoms with Gasteiger partial charge < -0.3 is 0 Å². The van der Waals surface area contributed by atoms with Gasteiger partial charge in [0, 0.05) is 6.07 Å². The van der Waals surface area contributed by atoms with Gasteiger partial charge in [0.1, 0.15) is 5.82 Å². The summed E-state index contributed by atoms with van der Waals surface area (Å²) >= 11 is 0. The predicted molar refractivity (Wildman–Crippen MR) is 43.0 cm³/mol. The summed E-state index contributed by atoms with van der Waals surface area (Å²) in [5.74, 6) is -3.19. The van der Waals surface area contributed by atoms with Gasteiger partial charge in [-0.25, -0.2) is 23.0 Å². The summed E-state index contributed by atoms with van der Waals surface area (Å²) in [5, 5.41) is 0. The van der Waals surface area contributed by atoms with Crippen LogP contribution in [0.2, 0.25) is 0 Å². The number of hydrogen-bond acceptors (Lipinski definition) is 2. The molecule has 0 spiro atoms. The summed E-state index contributed by atoms with van der Waals surface area (Å²) in [6.07, 6.45) is 1.31. The quantitative estimate of drug-likeness (QED) is 0.417. The maximum Gasteiger partial charge on any atom is 0.234 e. The van der Waals surface area contributed by atoms with Gasteiger partial charge in [-0.1, -0.05) is 0 Å². The van der Waals surface area contributed by atoms with Crippen LogP contribution in [0.15, 0.2) is 17.1 Å². The molecule has 0 saturated heterocycles. The summed E-state index contributed by atoms with van der Waals surface area (Å²) in [5.41, 5.74) is -0.0112. The Kier molecular flexibility index (Phi) is 3.42. The van der Waals surface area contributed by atoms with E-state index in [4.69, 9.17) is 0 Å². The molecule has 1 aromatic rings. The Hall–Kier alpha value is -1.61. The molecule has 14 heavy (non-hydrogen) atoms. The molecular formula is C9H6F3NO. The van der Waals surface area contributed by atoms with Gasteiger partial charge in [-0.05, 0) is 18.1 Å². The van der Waals surface area contributed by atoms with Crippen molar-refractivity contribution < 1.29 is 18.0 Å². The van der Waals surface area contributed by atoms with Crippen LogP contribution in [0.4, 0.5) is 13.2 Å². The summed E-state index contributed by atoms with van der Waals surface area (Å²) in [6.45, 7) is 0.00545. The summed E-state index contributed by atoms with van der Waals surface area (Å²) in [4.78, 5) is 12.9. The van der Waals surface area contributed by atoms with Gasteiger partial charge in [-0.3, -0.25) is 0 Å². The van der Waals surface area contributed by atoms with Gasteiger partial charge >= 0.3 is 0 Å². The van der Waals surface area contributed by atoms with E-state index in [1.54, 1.807) is 0 Å². The summed E-state index contributed by atoms with van der Waals surface area (Å²) in [6, 6.07) is 1.22. The molecule has 0 radical (unpaired) electrons. The maximum absolute atomic E-state index is 12.9. The first-order valence-corrected chi connectivity index (χ1v) is 3.82. The Bertz CT molecular complexity index is 386. The minimum atomic E-state index is -1.23. The maximum atomic E-state index is 12.9. The fraction of sp³-hybridized carbons (Fsp3) is 0.222. The second kappa shape index (κ2) is 4.58. The number of rotatable bonds is 3. The van der Waals surface area contributed by atoms with Gasteiger partial charge in [0.05, 0.1) is 6.54 Å². The molecule has 0 aliphatic heterocycles. The lowest BCUT2D eigenvalue weighted by atomic mass is 10.1. The summed E-state index contributed by atoms with van der Waals surface area (Å²) < 4.78 is 38.0. The van der Waals surface area contributed by atoms with E-state index in [1.165, 1.54) is 6.08 Å². The predicted octanol–water partition coefficient (Wildman–Crippen LogP) is 1.98. The number of aliphatic imine (C=N–C) groups is 1. The summed E-state index contributed by atoms with van der Waals surface area (Å²) in [7, 11) is 0. The standard InChI is InChI=1S/C9H6F3NO/c10-7-4-9(12)8(11)3-6(7)1-2-13-5-14/h3-4H,1-2H2. The van der Waals surface area contributed by atoms with Crippen molar-refractivity contribution in [1.29, 1.82) is 0 Å². The topological polar surface area (TPSA) is 29.4 Å². The molecule has 1 rings (SSSR count). The smallest absolute Gasteiger partial charge is 0.211 e. The van der Waals surface area contributed by atoms with Crippen molar-refractivity contribution in [2.75, 3.05) is 6.54 Å². The van der Waals surface area contributed by atoms with E-state index in [1.807, 2.05) is 0 Å². The molecule has 0 saturated carbocycles. The largest absolute Gasteiger partial charge is 0.234 e. The highest BCUT2D eigenvalue weighted by atomic mass is 19.2. The molecule has 0 amide bonds. The first-order valence-electron chi connectivity index (χ1n) is 3.82. The van der Waals surface area contributed by atoms with Crippen molar-refractivity contribution in [2.45, 2.75) is 6.42 Å².